The number of anilines is 1. The molecular weight excluding hydrogens is 391 g/mol. The van der Waals surface area contributed by atoms with E-state index in [2.05, 4.69) is 0 Å². The second-order valence-electron chi connectivity index (χ2n) is 6.29. The number of hydrogen-bond donors (Lipinski definition) is 2. The van der Waals surface area contributed by atoms with Crippen molar-refractivity contribution < 1.29 is 32.3 Å². The molecule has 2 aromatic carbocycles. The van der Waals surface area contributed by atoms with E-state index >= 15 is 0 Å². The van der Waals surface area contributed by atoms with Gasteiger partial charge in [0, 0.05) is 5.56 Å². The van der Waals surface area contributed by atoms with Crippen molar-refractivity contribution in [2.75, 3.05) is 12.0 Å². The highest BCUT2D eigenvalue weighted by Gasteiger charge is 2.69. The monoisotopic (exact) mass is 407 g/mol. The van der Waals surface area contributed by atoms with Crippen LogP contribution in [0, 0.1) is 6.92 Å². The van der Waals surface area contributed by atoms with Gasteiger partial charge in [-0.1, -0.05) is 18.2 Å². The number of methoxy groups -OCH3 is 1. The highest BCUT2D eigenvalue weighted by atomic mass is 19.4. The number of aryl methyl sites for hydroxylation is 1. The maximum atomic E-state index is 13.9. The predicted octanol–water partition coefficient (Wildman–Crippen LogP) is 2.75. The number of imide groups is 1. The number of carbonyl (C=O) groups excluding carboxylic acids is 3. The Morgan fingerprint density at radius 3 is 2.28 bits per heavy atom. The van der Waals surface area contributed by atoms with Crippen LogP contribution in [0.15, 0.2) is 48.5 Å². The second kappa shape index (κ2) is 7.12. The lowest BCUT2D eigenvalue weighted by Gasteiger charge is -2.30. The van der Waals surface area contributed by atoms with E-state index < -0.39 is 29.7 Å². The molecule has 0 saturated carbocycles. The summed E-state index contributed by atoms with van der Waals surface area (Å²) in [7, 11) is 1.39. The number of nitrogens with one attached hydrogen (secondary N) is 2. The van der Waals surface area contributed by atoms with E-state index in [1.54, 1.807) is 29.7 Å². The summed E-state index contributed by atoms with van der Waals surface area (Å²) < 4.78 is 46.7. The maximum Gasteiger partial charge on any atom is 0.440 e. The third-order valence-electron chi connectivity index (χ3n) is 4.46. The van der Waals surface area contributed by atoms with Gasteiger partial charge in [-0.25, -0.2) is 9.69 Å². The summed E-state index contributed by atoms with van der Waals surface area (Å²) in [5.74, 6) is -2.44. The molecule has 1 aliphatic heterocycles. The van der Waals surface area contributed by atoms with E-state index in [0.29, 0.717) is 16.2 Å². The van der Waals surface area contributed by atoms with Crippen LogP contribution in [0.4, 0.5) is 23.7 Å². The largest absolute Gasteiger partial charge is 0.497 e. The molecule has 2 N–H and O–H groups in total. The summed E-state index contributed by atoms with van der Waals surface area (Å²) in [5, 5.41) is 3.27. The van der Waals surface area contributed by atoms with Crippen LogP contribution < -0.4 is 20.3 Å². The van der Waals surface area contributed by atoms with E-state index in [4.69, 9.17) is 4.74 Å². The van der Waals surface area contributed by atoms with Crippen molar-refractivity contribution in [3.05, 3.63) is 59.7 Å². The molecule has 0 bridgehead atoms. The second-order valence-corrected chi connectivity index (χ2v) is 6.29. The van der Waals surface area contributed by atoms with Gasteiger partial charge in [-0.15, -0.1) is 0 Å². The predicted molar refractivity (Wildman–Crippen MR) is 96.4 cm³/mol. The molecular formula is C19H16F3N3O4. The summed E-state index contributed by atoms with van der Waals surface area (Å²) in [6, 6.07) is 9.90. The summed E-state index contributed by atoms with van der Waals surface area (Å²) in [6.45, 7) is 1.54. The Morgan fingerprint density at radius 1 is 1.10 bits per heavy atom. The average Bonchev–Trinajstić information content (AvgIpc) is 2.93. The SMILES string of the molecule is COc1ccc(C(=O)NC2(C(F)(F)F)NC(=O)N(c3ccccc3C)C2=O)cc1. The van der Waals surface area contributed by atoms with Crippen molar-refractivity contribution in [1.29, 1.82) is 0 Å². The topological polar surface area (TPSA) is 87.7 Å². The van der Waals surface area contributed by atoms with Gasteiger partial charge in [0.05, 0.1) is 12.8 Å². The van der Waals surface area contributed by atoms with Gasteiger partial charge in [0.2, 0.25) is 0 Å². The first kappa shape index (κ1) is 20.2. The molecule has 1 saturated heterocycles. The molecule has 29 heavy (non-hydrogen) atoms. The van der Waals surface area contributed by atoms with Crippen molar-refractivity contribution in [3.8, 4) is 5.75 Å². The van der Waals surface area contributed by atoms with Crippen molar-refractivity contribution in [2.45, 2.75) is 18.8 Å². The summed E-state index contributed by atoms with van der Waals surface area (Å²) in [5.41, 5.74) is -3.34. The molecule has 2 aromatic rings. The number of benzene rings is 2. The maximum absolute atomic E-state index is 13.9. The van der Waals surface area contributed by atoms with Gasteiger partial charge in [0.25, 0.3) is 17.5 Å². The quantitative estimate of drug-likeness (QED) is 0.763. The molecule has 7 nitrogen and oxygen atoms in total. The lowest BCUT2D eigenvalue weighted by Crippen LogP contribution is -2.69. The molecule has 1 heterocycles. The van der Waals surface area contributed by atoms with Gasteiger partial charge in [0.15, 0.2) is 0 Å². The van der Waals surface area contributed by atoms with E-state index in [1.165, 1.54) is 43.5 Å². The highest BCUT2D eigenvalue weighted by Crippen LogP contribution is 2.36. The normalized spacial score (nSPS) is 19.1. The molecule has 10 heteroatoms. The number of halogens is 3. The van der Waals surface area contributed by atoms with Gasteiger partial charge in [-0.2, -0.15) is 13.2 Å². The highest BCUT2D eigenvalue weighted by molar-refractivity contribution is 6.24. The number of nitrogens with zero attached hydrogens (tertiary/aromatic N) is 1. The fraction of sp³-hybridized carbons (Fsp3) is 0.211. The summed E-state index contributed by atoms with van der Waals surface area (Å²) in [4.78, 5) is 37.9. The zero-order valence-electron chi connectivity index (χ0n) is 15.3. The number of amides is 4. The number of para-hydroxylation sites is 1. The fourth-order valence-electron chi connectivity index (χ4n) is 2.90. The lowest BCUT2D eigenvalue weighted by atomic mass is 10.1. The Morgan fingerprint density at radius 2 is 1.72 bits per heavy atom. The van der Waals surface area contributed by atoms with Crippen LogP contribution in [0.3, 0.4) is 0 Å². The zero-order chi connectivity index (χ0) is 21.4. The molecule has 1 unspecified atom stereocenters. The van der Waals surface area contributed by atoms with Crippen LogP contribution in [0.25, 0.3) is 0 Å². The molecule has 0 radical (unpaired) electrons. The number of carbonyl (C=O) groups is 3. The molecule has 1 fully saturated rings. The van der Waals surface area contributed by atoms with Crippen LogP contribution in [-0.4, -0.2) is 36.8 Å². The first-order valence-corrected chi connectivity index (χ1v) is 8.36. The Hall–Kier alpha value is -3.56. The van der Waals surface area contributed by atoms with E-state index in [1.807, 2.05) is 0 Å². The molecule has 0 spiro atoms. The molecule has 152 valence electrons. The van der Waals surface area contributed by atoms with Gasteiger partial charge in [-0.05, 0) is 42.8 Å². The van der Waals surface area contributed by atoms with Gasteiger partial charge in [0.1, 0.15) is 5.75 Å². The Balaban J connectivity index is 1.99. The minimum Gasteiger partial charge on any atom is -0.497 e. The van der Waals surface area contributed by atoms with Crippen LogP contribution in [0.2, 0.25) is 0 Å². The summed E-state index contributed by atoms with van der Waals surface area (Å²) >= 11 is 0. The van der Waals surface area contributed by atoms with Crippen molar-refractivity contribution in [3.63, 3.8) is 0 Å². The average molecular weight is 407 g/mol. The van der Waals surface area contributed by atoms with Crippen LogP contribution in [0.5, 0.6) is 5.75 Å². The third-order valence-corrected chi connectivity index (χ3v) is 4.46. The van der Waals surface area contributed by atoms with Gasteiger partial charge in [-0.3, -0.25) is 14.9 Å². The van der Waals surface area contributed by atoms with Crippen molar-refractivity contribution >= 4 is 23.5 Å². The zero-order valence-corrected chi connectivity index (χ0v) is 15.3. The Labute approximate surface area is 163 Å². The first-order chi connectivity index (χ1) is 13.6. The van der Waals surface area contributed by atoms with Crippen LogP contribution in [0.1, 0.15) is 15.9 Å². The minimum absolute atomic E-state index is 0.0141. The molecule has 0 aliphatic carbocycles. The fourth-order valence-corrected chi connectivity index (χ4v) is 2.90. The van der Waals surface area contributed by atoms with Gasteiger partial charge < -0.3 is 10.1 Å². The molecule has 4 amide bonds. The number of rotatable bonds is 4. The third kappa shape index (κ3) is 3.37. The molecule has 1 aliphatic rings. The van der Waals surface area contributed by atoms with E-state index in [-0.39, 0.29) is 11.3 Å². The lowest BCUT2D eigenvalue weighted by molar-refractivity contribution is -0.197. The number of ether oxygens (including phenoxy) is 1. The van der Waals surface area contributed by atoms with Crippen LogP contribution >= 0.6 is 0 Å². The first-order valence-electron chi connectivity index (χ1n) is 8.36. The summed E-state index contributed by atoms with van der Waals surface area (Å²) in [6.07, 6.45) is -5.29. The molecule has 1 atom stereocenters. The van der Waals surface area contributed by atoms with Crippen molar-refractivity contribution in [1.82, 2.24) is 10.6 Å². The van der Waals surface area contributed by atoms with E-state index in [9.17, 15) is 27.6 Å². The number of alkyl halides is 3. The number of urea groups is 1. The minimum atomic E-state index is -5.29. The number of hydrogen-bond acceptors (Lipinski definition) is 4. The van der Waals surface area contributed by atoms with Crippen molar-refractivity contribution in [2.24, 2.45) is 0 Å². The Bertz CT molecular complexity index is 975. The molecule has 0 aromatic heterocycles. The Kier molecular flexibility index (Phi) is 4.95. The standard InChI is InChI=1S/C19H16F3N3O4/c1-11-5-3-4-6-14(11)25-16(27)18(19(20,21)22,24-17(25)28)23-15(26)12-7-9-13(29-2)10-8-12/h3-10H,1-2H3,(H,23,26)(H,24,28). The van der Waals surface area contributed by atoms with Crippen LogP contribution in [-0.2, 0) is 4.79 Å². The smallest absolute Gasteiger partial charge is 0.440 e. The molecule has 3 rings (SSSR count). The van der Waals surface area contributed by atoms with E-state index in [0.717, 1.165) is 0 Å². The van der Waals surface area contributed by atoms with Gasteiger partial charge >= 0.3 is 12.2 Å².